The fourth-order valence-corrected chi connectivity index (χ4v) is 4.02. The van der Waals surface area contributed by atoms with Gasteiger partial charge in [0.05, 0.1) is 18.0 Å². The van der Waals surface area contributed by atoms with E-state index in [0.29, 0.717) is 17.3 Å². The molecule has 0 unspecified atom stereocenters. The number of hydrogen-bond donors (Lipinski definition) is 1. The number of piperazine rings is 1. The molecule has 9 heteroatoms. The fourth-order valence-electron chi connectivity index (χ4n) is 4.02. The topological polar surface area (TPSA) is 67.6 Å². The van der Waals surface area contributed by atoms with E-state index >= 15 is 0 Å². The van der Waals surface area contributed by atoms with Gasteiger partial charge >= 0.3 is 0 Å². The van der Waals surface area contributed by atoms with Gasteiger partial charge in [0, 0.05) is 37.9 Å². The number of ether oxygens (including phenoxy) is 1. The van der Waals surface area contributed by atoms with Crippen LogP contribution in [0.3, 0.4) is 0 Å². The van der Waals surface area contributed by atoms with Crippen LogP contribution in [0.5, 0.6) is 5.88 Å². The first kappa shape index (κ1) is 19.8. The lowest BCUT2D eigenvalue weighted by molar-refractivity contribution is 0.202. The van der Waals surface area contributed by atoms with Crippen molar-refractivity contribution in [1.82, 2.24) is 24.9 Å². The zero-order valence-corrected chi connectivity index (χ0v) is 16.9. The summed E-state index contributed by atoms with van der Waals surface area (Å²) in [7, 11) is 0. The van der Waals surface area contributed by atoms with E-state index in [1.54, 1.807) is 12.4 Å². The number of rotatable bonds is 4. The van der Waals surface area contributed by atoms with Crippen LogP contribution in [0.25, 0.3) is 16.8 Å². The van der Waals surface area contributed by atoms with Gasteiger partial charge in [0.1, 0.15) is 6.10 Å². The molecule has 2 aliphatic rings. The third-order valence-corrected chi connectivity index (χ3v) is 5.49. The van der Waals surface area contributed by atoms with Crippen molar-refractivity contribution in [2.75, 3.05) is 31.1 Å². The largest absolute Gasteiger partial charge is 0.474 e. The SMILES string of the molecule is Cl.Fc1cn2ncc(-c3cccnc3OC3CCCC3)c2nc1N1CCNCC1. The maximum Gasteiger partial charge on any atom is 0.221 e. The average molecular weight is 419 g/mol. The van der Waals surface area contributed by atoms with Gasteiger partial charge in [-0.25, -0.2) is 18.9 Å². The van der Waals surface area contributed by atoms with Crippen LogP contribution >= 0.6 is 12.4 Å². The lowest BCUT2D eigenvalue weighted by Crippen LogP contribution is -2.44. The highest BCUT2D eigenvalue weighted by Crippen LogP contribution is 2.34. The summed E-state index contributed by atoms with van der Waals surface area (Å²) in [6.45, 7) is 3.10. The summed E-state index contributed by atoms with van der Waals surface area (Å²) in [6.07, 6.45) is 9.55. The lowest BCUT2D eigenvalue weighted by atomic mass is 10.1. The van der Waals surface area contributed by atoms with Crippen molar-refractivity contribution >= 4 is 23.9 Å². The van der Waals surface area contributed by atoms with Gasteiger partial charge in [-0.1, -0.05) is 0 Å². The summed E-state index contributed by atoms with van der Waals surface area (Å²) in [6, 6.07) is 3.84. The number of halogens is 2. The Bertz CT molecular complexity index is 984. The molecular weight excluding hydrogens is 395 g/mol. The molecule has 5 rings (SSSR count). The second kappa shape index (κ2) is 8.51. The molecule has 2 fully saturated rings. The Kier molecular flexibility index (Phi) is 5.82. The van der Waals surface area contributed by atoms with Crippen molar-refractivity contribution in [2.45, 2.75) is 31.8 Å². The van der Waals surface area contributed by atoms with E-state index in [1.807, 2.05) is 17.0 Å². The minimum atomic E-state index is -0.363. The molecule has 1 saturated carbocycles. The molecule has 1 saturated heterocycles. The van der Waals surface area contributed by atoms with Gasteiger partial charge in [0.25, 0.3) is 0 Å². The van der Waals surface area contributed by atoms with Crippen LogP contribution in [-0.4, -0.2) is 51.9 Å². The molecule has 0 atom stereocenters. The van der Waals surface area contributed by atoms with E-state index in [1.165, 1.54) is 23.6 Å². The van der Waals surface area contributed by atoms with Crippen molar-refractivity contribution in [3.05, 3.63) is 36.5 Å². The van der Waals surface area contributed by atoms with Crippen molar-refractivity contribution < 1.29 is 9.13 Å². The van der Waals surface area contributed by atoms with E-state index in [4.69, 9.17) is 4.74 Å². The number of fused-ring (bicyclic) bond motifs is 1. The molecule has 3 aromatic heterocycles. The highest BCUT2D eigenvalue weighted by Gasteiger charge is 2.23. The van der Waals surface area contributed by atoms with E-state index in [-0.39, 0.29) is 24.3 Å². The molecule has 0 radical (unpaired) electrons. The molecule has 0 bridgehead atoms. The summed E-state index contributed by atoms with van der Waals surface area (Å²) < 4.78 is 22.3. The predicted octanol–water partition coefficient (Wildman–Crippen LogP) is 3.08. The first-order valence-corrected chi connectivity index (χ1v) is 9.91. The standard InChI is InChI=1S/C20H23FN6O.ClH/c21-17-13-27-18(25-19(17)26-10-8-22-9-11-26)16(12-24-27)15-6-3-7-23-20(15)28-14-4-1-2-5-14;/h3,6-7,12-14,22H,1-2,4-5,8-11H2;1H. The fraction of sp³-hybridized carbons (Fsp3) is 0.450. The molecule has 0 spiro atoms. The van der Waals surface area contributed by atoms with Crippen molar-refractivity contribution in [3.8, 4) is 17.0 Å². The van der Waals surface area contributed by atoms with E-state index in [2.05, 4.69) is 20.4 Å². The molecule has 4 heterocycles. The summed E-state index contributed by atoms with van der Waals surface area (Å²) in [4.78, 5) is 11.1. The van der Waals surface area contributed by atoms with Crippen LogP contribution in [0, 0.1) is 5.82 Å². The van der Waals surface area contributed by atoms with Gasteiger partial charge in [-0.2, -0.15) is 5.10 Å². The number of anilines is 1. The van der Waals surface area contributed by atoms with E-state index < -0.39 is 0 Å². The van der Waals surface area contributed by atoms with Crippen molar-refractivity contribution in [2.24, 2.45) is 0 Å². The third kappa shape index (κ3) is 3.86. The Morgan fingerprint density at radius 3 is 2.72 bits per heavy atom. The molecule has 0 aromatic carbocycles. The molecule has 1 N–H and O–H groups in total. The number of nitrogens with zero attached hydrogens (tertiary/aromatic N) is 5. The zero-order chi connectivity index (χ0) is 18.9. The second-order valence-electron chi connectivity index (χ2n) is 7.36. The number of nitrogens with one attached hydrogen (secondary N) is 1. The molecule has 0 amide bonds. The lowest BCUT2D eigenvalue weighted by Gasteiger charge is -2.28. The summed E-state index contributed by atoms with van der Waals surface area (Å²) in [5.74, 6) is 0.606. The monoisotopic (exact) mass is 418 g/mol. The van der Waals surface area contributed by atoms with Gasteiger partial charge in [0.2, 0.25) is 5.88 Å². The molecule has 3 aromatic rings. The highest BCUT2D eigenvalue weighted by molar-refractivity contribution is 5.85. The van der Waals surface area contributed by atoms with Crippen molar-refractivity contribution in [3.63, 3.8) is 0 Å². The molecule has 1 aliphatic carbocycles. The molecular formula is C20H24ClFN6O. The van der Waals surface area contributed by atoms with Gasteiger partial charge in [0.15, 0.2) is 17.3 Å². The Morgan fingerprint density at radius 2 is 1.93 bits per heavy atom. The molecule has 7 nitrogen and oxygen atoms in total. The van der Waals surface area contributed by atoms with Gasteiger partial charge in [-0.3, -0.25) is 0 Å². The van der Waals surface area contributed by atoms with Crippen LogP contribution < -0.4 is 15.0 Å². The first-order chi connectivity index (χ1) is 13.8. The van der Waals surface area contributed by atoms with E-state index in [0.717, 1.165) is 50.1 Å². The minimum Gasteiger partial charge on any atom is -0.474 e. The third-order valence-electron chi connectivity index (χ3n) is 5.49. The smallest absolute Gasteiger partial charge is 0.221 e. The van der Waals surface area contributed by atoms with Crippen LogP contribution in [0.4, 0.5) is 10.2 Å². The van der Waals surface area contributed by atoms with Gasteiger partial charge in [-0.05, 0) is 37.8 Å². The maximum atomic E-state index is 14.6. The van der Waals surface area contributed by atoms with Crippen molar-refractivity contribution in [1.29, 1.82) is 0 Å². The number of hydrogen-bond acceptors (Lipinski definition) is 6. The maximum absolute atomic E-state index is 14.6. The minimum absolute atomic E-state index is 0. The Balaban J connectivity index is 0.00000205. The van der Waals surface area contributed by atoms with Gasteiger partial charge < -0.3 is 15.0 Å². The van der Waals surface area contributed by atoms with Crippen LogP contribution in [-0.2, 0) is 0 Å². The molecule has 154 valence electrons. The Morgan fingerprint density at radius 1 is 1.14 bits per heavy atom. The predicted molar refractivity (Wildman–Crippen MR) is 111 cm³/mol. The quantitative estimate of drug-likeness (QED) is 0.702. The van der Waals surface area contributed by atoms with E-state index in [9.17, 15) is 4.39 Å². The second-order valence-corrected chi connectivity index (χ2v) is 7.36. The summed E-state index contributed by atoms with van der Waals surface area (Å²) >= 11 is 0. The van der Waals surface area contributed by atoms with Crippen LogP contribution in [0.1, 0.15) is 25.7 Å². The molecule has 1 aliphatic heterocycles. The van der Waals surface area contributed by atoms with Crippen LogP contribution in [0.2, 0.25) is 0 Å². The average Bonchev–Trinajstić information content (AvgIpc) is 3.38. The highest BCUT2D eigenvalue weighted by atomic mass is 35.5. The molecule has 29 heavy (non-hydrogen) atoms. The first-order valence-electron chi connectivity index (χ1n) is 9.91. The summed E-state index contributed by atoms with van der Waals surface area (Å²) in [5.41, 5.74) is 2.26. The Labute approximate surface area is 174 Å². The summed E-state index contributed by atoms with van der Waals surface area (Å²) in [5, 5.41) is 7.60. The number of pyridine rings is 1. The van der Waals surface area contributed by atoms with Gasteiger partial charge in [-0.15, -0.1) is 12.4 Å². The number of aromatic nitrogens is 4. The zero-order valence-electron chi connectivity index (χ0n) is 16.1. The van der Waals surface area contributed by atoms with Crippen LogP contribution in [0.15, 0.2) is 30.7 Å². The Hall–Kier alpha value is -2.45. The normalized spacial score (nSPS) is 17.5.